The zero-order chi connectivity index (χ0) is 12.9. The second kappa shape index (κ2) is 12.9. The molecule has 108 valence electrons. The van der Waals surface area contributed by atoms with Crippen molar-refractivity contribution in [3.63, 3.8) is 0 Å². The second-order valence-electron chi connectivity index (χ2n) is 3.53. The van der Waals surface area contributed by atoms with E-state index in [9.17, 15) is 0 Å². The van der Waals surface area contributed by atoms with Crippen molar-refractivity contribution >= 4 is 32.5 Å². The minimum absolute atomic E-state index is 0.613. The molecule has 0 unspecified atom stereocenters. The third-order valence-electron chi connectivity index (χ3n) is 2.22. The average molecular weight is 315 g/mol. The van der Waals surface area contributed by atoms with Crippen LogP contribution in [0, 0.1) is 0 Å². The van der Waals surface area contributed by atoms with Crippen LogP contribution >= 0.6 is 32.5 Å². The molecule has 8 heteroatoms. The smallest absolute Gasteiger partial charge is 0.0701 e. The number of nitrogens with zero attached hydrogens (tertiary/aromatic N) is 1. The molecule has 0 radical (unpaired) electrons. The van der Waals surface area contributed by atoms with Crippen molar-refractivity contribution in [1.29, 1.82) is 0 Å². The fraction of sp³-hybridized carbons (Fsp3) is 1.00. The summed E-state index contributed by atoms with van der Waals surface area (Å²) in [6, 6.07) is 0. The molecule has 0 bridgehead atoms. The molecular formula is C10H21NO4S3. The third-order valence-corrected chi connectivity index (χ3v) is 4.30. The van der Waals surface area contributed by atoms with Gasteiger partial charge in [-0.2, -0.15) is 0 Å². The van der Waals surface area contributed by atoms with Crippen molar-refractivity contribution in [2.24, 2.45) is 0 Å². The standard InChI is InChI=1S/C10H21NO4S3/c16-18-17-11-1-3-12-5-7-14-9-10-15-8-6-13-4-2-11/h16H,1-10H2. The number of hydrogen-bond acceptors (Lipinski definition) is 8. The monoisotopic (exact) mass is 315 g/mol. The van der Waals surface area contributed by atoms with Crippen LogP contribution in [-0.2, 0) is 18.9 Å². The Labute approximate surface area is 122 Å². The van der Waals surface area contributed by atoms with Crippen LogP contribution in [0.25, 0.3) is 0 Å². The van der Waals surface area contributed by atoms with Crippen LogP contribution in [0.5, 0.6) is 0 Å². The Morgan fingerprint density at radius 3 is 1.44 bits per heavy atom. The van der Waals surface area contributed by atoms with Gasteiger partial charge in [-0.25, -0.2) is 4.31 Å². The summed E-state index contributed by atoms with van der Waals surface area (Å²) < 4.78 is 23.9. The van der Waals surface area contributed by atoms with Gasteiger partial charge in [0, 0.05) is 24.1 Å². The van der Waals surface area contributed by atoms with E-state index in [1.165, 1.54) is 9.83 Å². The van der Waals surface area contributed by atoms with Crippen molar-refractivity contribution in [3.8, 4) is 0 Å². The van der Waals surface area contributed by atoms with Gasteiger partial charge in [0.05, 0.1) is 52.9 Å². The molecule has 1 saturated heterocycles. The van der Waals surface area contributed by atoms with E-state index in [2.05, 4.69) is 16.0 Å². The van der Waals surface area contributed by atoms with Crippen LogP contribution in [-0.4, -0.2) is 70.2 Å². The van der Waals surface area contributed by atoms with Gasteiger partial charge in [0.25, 0.3) is 0 Å². The maximum Gasteiger partial charge on any atom is 0.0701 e. The van der Waals surface area contributed by atoms with Crippen LogP contribution in [0.15, 0.2) is 0 Å². The average Bonchev–Trinajstić information content (AvgIpc) is 2.39. The highest BCUT2D eigenvalue weighted by Gasteiger charge is 2.06. The maximum absolute atomic E-state index is 5.49. The van der Waals surface area contributed by atoms with E-state index in [0.29, 0.717) is 52.9 Å². The van der Waals surface area contributed by atoms with Crippen molar-refractivity contribution in [2.75, 3.05) is 65.9 Å². The highest BCUT2D eigenvalue weighted by Crippen LogP contribution is 2.28. The van der Waals surface area contributed by atoms with E-state index in [4.69, 9.17) is 18.9 Å². The van der Waals surface area contributed by atoms with Crippen molar-refractivity contribution in [2.45, 2.75) is 0 Å². The van der Waals surface area contributed by atoms with Gasteiger partial charge in [-0.3, -0.25) is 0 Å². The van der Waals surface area contributed by atoms with Gasteiger partial charge in [0.15, 0.2) is 0 Å². The van der Waals surface area contributed by atoms with Crippen LogP contribution < -0.4 is 0 Å². The summed E-state index contributed by atoms with van der Waals surface area (Å²) >= 11 is 4.14. The Hall–Kier alpha value is 0.850. The normalized spacial score (nSPS) is 23.2. The molecule has 1 heterocycles. The number of thiol groups is 1. The Bertz CT molecular complexity index is 175. The first-order valence-corrected chi connectivity index (χ1v) is 9.13. The Kier molecular flexibility index (Phi) is 12.1. The summed E-state index contributed by atoms with van der Waals surface area (Å²) in [4.78, 5) is 0. The van der Waals surface area contributed by atoms with Crippen LogP contribution in [0.2, 0.25) is 0 Å². The molecule has 1 aliphatic heterocycles. The van der Waals surface area contributed by atoms with E-state index < -0.39 is 0 Å². The summed E-state index contributed by atoms with van der Waals surface area (Å²) in [5, 5.41) is 0. The fourth-order valence-corrected chi connectivity index (χ4v) is 3.30. The van der Waals surface area contributed by atoms with Gasteiger partial charge >= 0.3 is 0 Å². The minimum Gasteiger partial charge on any atom is -0.378 e. The first-order chi connectivity index (χ1) is 8.93. The Balaban J connectivity index is 2.20. The van der Waals surface area contributed by atoms with Gasteiger partial charge in [-0.1, -0.05) is 11.7 Å². The number of rotatable bonds is 2. The summed E-state index contributed by atoms with van der Waals surface area (Å²) in [5.74, 6) is 0. The molecule has 5 nitrogen and oxygen atoms in total. The van der Waals surface area contributed by atoms with Crippen LogP contribution in [0.4, 0.5) is 0 Å². The molecule has 0 aromatic carbocycles. The van der Waals surface area contributed by atoms with E-state index in [0.717, 1.165) is 13.1 Å². The zero-order valence-corrected chi connectivity index (χ0v) is 12.9. The second-order valence-corrected chi connectivity index (χ2v) is 6.58. The van der Waals surface area contributed by atoms with E-state index in [1.807, 2.05) is 0 Å². The van der Waals surface area contributed by atoms with E-state index in [-0.39, 0.29) is 0 Å². The predicted octanol–water partition coefficient (Wildman–Crippen LogP) is 1.51. The molecule has 0 aromatic heterocycles. The van der Waals surface area contributed by atoms with Crippen LogP contribution in [0.1, 0.15) is 0 Å². The molecule has 0 saturated carbocycles. The molecule has 0 spiro atoms. The first kappa shape index (κ1) is 16.9. The van der Waals surface area contributed by atoms with Gasteiger partial charge in [0.2, 0.25) is 0 Å². The maximum atomic E-state index is 5.49. The summed E-state index contributed by atoms with van der Waals surface area (Å²) in [6.07, 6.45) is 0. The molecule has 1 aliphatic rings. The van der Waals surface area contributed by atoms with Gasteiger partial charge in [-0.15, -0.1) is 0 Å². The first-order valence-electron chi connectivity index (χ1n) is 5.97. The largest absolute Gasteiger partial charge is 0.378 e. The van der Waals surface area contributed by atoms with Gasteiger partial charge in [-0.05, 0) is 9.83 Å². The highest BCUT2D eigenvalue weighted by atomic mass is 33.5. The molecule has 0 atom stereocenters. The Morgan fingerprint density at radius 1 is 0.667 bits per heavy atom. The highest BCUT2D eigenvalue weighted by molar-refractivity contribution is 9.04. The SMILES string of the molecule is SSSN1CCOCCOCCOCCOCC1. The lowest BCUT2D eigenvalue weighted by molar-refractivity contribution is 0.00206. The minimum atomic E-state index is 0.613. The lowest BCUT2D eigenvalue weighted by Crippen LogP contribution is -2.25. The van der Waals surface area contributed by atoms with Gasteiger partial charge in [0.1, 0.15) is 0 Å². The third kappa shape index (κ3) is 9.74. The summed E-state index contributed by atoms with van der Waals surface area (Å²) in [7, 11) is 3.04. The summed E-state index contributed by atoms with van der Waals surface area (Å²) in [5.41, 5.74) is 0. The quantitative estimate of drug-likeness (QED) is 0.470. The molecule has 0 amide bonds. The molecule has 0 aromatic rings. The number of hydrogen-bond donors (Lipinski definition) is 1. The molecule has 0 aliphatic carbocycles. The lowest BCUT2D eigenvalue weighted by Gasteiger charge is -2.18. The van der Waals surface area contributed by atoms with Crippen LogP contribution in [0.3, 0.4) is 0 Å². The summed E-state index contributed by atoms with van der Waals surface area (Å²) in [6.45, 7) is 6.83. The predicted molar refractivity (Wildman–Crippen MR) is 79.0 cm³/mol. The van der Waals surface area contributed by atoms with Crippen molar-refractivity contribution < 1.29 is 18.9 Å². The molecule has 1 fully saturated rings. The number of ether oxygens (including phenoxy) is 4. The Morgan fingerprint density at radius 2 is 1.06 bits per heavy atom. The molecule has 1 rings (SSSR count). The van der Waals surface area contributed by atoms with Gasteiger partial charge < -0.3 is 18.9 Å². The van der Waals surface area contributed by atoms with E-state index >= 15 is 0 Å². The van der Waals surface area contributed by atoms with Crippen molar-refractivity contribution in [3.05, 3.63) is 0 Å². The molecular weight excluding hydrogens is 294 g/mol. The zero-order valence-electron chi connectivity index (χ0n) is 10.4. The van der Waals surface area contributed by atoms with Crippen molar-refractivity contribution in [1.82, 2.24) is 4.31 Å². The lowest BCUT2D eigenvalue weighted by atomic mass is 10.6. The molecule has 18 heavy (non-hydrogen) atoms. The fourth-order valence-electron chi connectivity index (χ4n) is 1.33. The van der Waals surface area contributed by atoms with E-state index in [1.54, 1.807) is 11.0 Å². The topological polar surface area (TPSA) is 40.2 Å². The molecule has 0 N–H and O–H groups in total.